The lowest BCUT2D eigenvalue weighted by atomic mass is 9.94. The molecular formula is C20H25N3O5. The molecule has 0 aromatic carbocycles. The van der Waals surface area contributed by atoms with E-state index in [1.54, 1.807) is 48.2 Å². The van der Waals surface area contributed by atoms with Crippen LogP contribution in [0.2, 0.25) is 0 Å². The topological polar surface area (TPSA) is 100 Å². The number of carbonyl (C=O) groups excluding carboxylic acids is 3. The van der Waals surface area contributed by atoms with Crippen molar-refractivity contribution in [1.82, 2.24) is 14.8 Å². The van der Waals surface area contributed by atoms with Gasteiger partial charge in [0, 0.05) is 37.9 Å². The van der Waals surface area contributed by atoms with E-state index in [0.29, 0.717) is 38.1 Å². The summed E-state index contributed by atoms with van der Waals surface area (Å²) < 4.78 is 5.04. The molecule has 1 N–H and O–H groups in total. The zero-order valence-electron chi connectivity index (χ0n) is 16.1. The summed E-state index contributed by atoms with van der Waals surface area (Å²) in [7, 11) is 0. The molecule has 3 heterocycles. The van der Waals surface area contributed by atoms with Crippen LogP contribution >= 0.6 is 0 Å². The molecule has 0 spiro atoms. The van der Waals surface area contributed by atoms with Crippen LogP contribution in [0.4, 0.5) is 4.79 Å². The zero-order chi connectivity index (χ0) is 20.3. The number of ether oxygens (including phenoxy) is 1. The summed E-state index contributed by atoms with van der Waals surface area (Å²) in [5.41, 5.74) is 0.817. The third-order valence-electron chi connectivity index (χ3n) is 5.25. The highest BCUT2D eigenvalue weighted by Crippen LogP contribution is 2.41. The Morgan fingerprint density at radius 1 is 1.29 bits per heavy atom. The first-order valence-electron chi connectivity index (χ1n) is 9.60. The molecule has 1 atom stereocenters. The molecule has 1 saturated heterocycles. The number of amides is 2. The number of ketones is 1. The molecule has 0 bridgehead atoms. The highest BCUT2D eigenvalue weighted by Gasteiger charge is 2.46. The smallest absolute Gasteiger partial charge is 0.409 e. The Bertz CT molecular complexity index is 784. The van der Waals surface area contributed by atoms with Crippen molar-refractivity contribution in [3.63, 3.8) is 0 Å². The quantitative estimate of drug-likeness (QED) is 0.833. The second kappa shape index (κ2) is 8.41. The molecule has 8 heteroatoms. The monoisotopic (exact) mass is 387 g/mol. The predicted molar refractivity (Wildman–Crippen MR) is 100 cm³/mol. The van der Waals surface area contributed by atoms with Gasteiger partial charge in [-0.25, -0.2) is 4.79 Å². The molecule has 2 aliphatic rings. The average molecular weight is 387 g/mol. The fraction of sp³-hybridized carbons (Fsp3) is 0.500. The third kappa shape index (κ3) is 3.58. The summed E-state index contributed by atoms with van der Waals surface area (Å²) in [5.74, 6) is -1.28. The average Bonchev–Trinajstić information content (AvgIpc) is 2.99. The Balaban J connectivity index is 1.87. The van der Waals surface area contributed by atoms with E-state index in [4.69, 9.17) is 4.74 Å². The molecule has 3 rings (SSSR count). The van der Waals surface area contributed by atoms with Gasteiger partial charge in [0.2, 0.25) is 0 Å². The number of pyridine rings is 1. The number of Topliss-reactive ketones (excluding diaryl/α,β-unsaturated/α-hetero) is 1. The van der Waals surface area contributed by atoms with Gasteiger partial charge in [-0.15, -0.1) is 0 Å². The summed E-state index contributed by atoms with van der Waals surface area (Å²) in [6.45, 7) is 4.67. The molecule has 1 aromatic rings. The number of piperidine rings is 1. The summed E-state index contributed by atoms with van der Waals surface area (Å²) in [6, 6.07) is 2.68. The van der Waals surface area contributed by atoms with Crippen molar-refractivity contribution >= 4 is 17.8 Å². The van der Waals surface area contributed by atoms with Gasteiger partial charge in [-0.05, 0) is 31.4 Å². The number of aromatic nitrogens is 1. The maximum atomic E-state index is 12.9. The molecule has 0 aliphatic carbocycles. The van der Waals surface area contributed by atoms with E-state index < -0.39 is 17.7 Å². The van der Waals surface area contributed by atoms with Crippen molar-refractivity contribution in [1.29, 1.82) is 0 Å². The molecule has 28 heavy (non-hydrogen) atoms. The first kappa shape index (κ1) is 19.9. The summed E-state index contributed by atoms with van der Waals surface area (Å²) >= 11 is 0. The number of carbonyl (C=O) groups is 3. The number of hydrogen-bond acceptors (Lipinski definition) is 6. The highest BCUT2D eigenvalue weighted by atomic mass is 16.6. The van der Waals surface area contributed by atoms with E-state index in [0.717, 1.165) is 0 Å². The first-order chi connectivity index (χ1) is 13.5. The number of nitrogens with zero attached hydrogens (tertiary/aromatic N) is 3. The summed E-state index contributed by atoms with van der Waals surface area (Å²) in [5, 5.41) is 10.5. The van der Waals surface area contributed by atoms with Crippen LogP contribution in [-0.2, 0) is 14.3 Å². The van der Waals surface area contributed by atoms with Crippen molar-refractivity contribution in [2.24, 2.45) is 0 Å². The fourth-order valence-electron chi connectivity index (χ4n) is 3.88. The van der Waals surface area contributed by atoms with Gasteiger partial charge in [-0.2, -0.15) is 0 Å². The Morgan fingerprint density at radius 2 is 2.00 bits per heavy atom. The Hall–Kier alpha value is -2.90. The largest absolute Gasteiger partial charge is 0.503 e. The van der Waals surface area contributed by atoms with E-state index in [-0.39, 0.29) is 29.9 Å². The zero-order valence-corrected chi connectivity index (χ0v) is 16.1. The van der Waals surface area contributed by atoms with E-state index in [1.165, 1.54) is 0 Å². The molecule has 0 radical (unpaired) electrons. The molecule has 8 nitrogen and oxygen atoms in total. The van der Waals surface area contributed by atoms with Crippen molar-refractivity contribution in [3.05, 3.63) is 41.4 Å². The second-order valence-electron chi connectivity index (χ2n) is 6.86. The lowest BCUT2D eigenvalue weighted by Gasteiger charge is -2.39. The molecule has 2 aliphatic heterocycles. The highest BCUT2D eigenvalue weighted by molar-refractivity contribution is 6.08. The lowest BCUT2D eigenvalue weighted by Crippen LogP contribution is -2.48. The number of rotatable bonds is 5. The van der Waals surface area contributed by atoms with Crippen LogP contribution in [0, 0.1) is 0 Å². The summed E-state index contributed by atoms with van der Waals surface area (Å²) in [4.78, 5) is 44.6. The van der Waals surface area contributed by atoms with Crippen molar-refractivity contribution in [2.75, 3.05) is 19.7 Å². The number of likely N-dealkylation sites (tertiary alicyclic amines) is 1. The molecule has 1 aromatic heterocycles. The fourth-order valence-corrected chi connectivity index (χ4v) is 3.88. The van der Waals surface area contributed by atoms with Crippen LogP contribution in [0.15, 0.2) is 35.9 Å². The van der Waals surface area contributed by atoms with Crippen molar-refractivity contribution in [3.8, 4) is 0 Å². The molecule has 1 fully saturated rings. The lowest BCUT2D eigenvalue weighted by molar-refractivity contribution is -0.132. The Kier molecular flexibility index (Phi) is 5.96. The molecule has 2 amide bonds. The maximum absolute atomic E-state index is 12.9. The second-order valence-corrected chi connectivity index (χ2v) is 6.86. The minimum atomic E-state index is -0.659. The number of aliphatic hydroxyl groups excluding tert-OH is 1. The van der Waals surface area contributed by atoms with Gasteiger partial charge >= 0.3 is 6.09 Å². The Labute approximate surface area is 163 Å². The van der Waals surface area contributed by atoms with Crippen molar-refractivity contribution < 1.29 is 24.2 Å². The van der Waals surface area contributed by atoms with Gasteiger partial charge in [-0.1, -0.05) is 13.0 Å². The van der Waals surface area contributed by atoms with Crippen LogP contribution < -0.4 is 0 Å². The van der Waals surface area contributed by atoms with Gasteiger partial charge < -0.3 is 19.6 Å². The van der Waals surface area contributed by atoms with Gasteiger partial charge in [0.15, 0.2) is 11.5 Å². The first-order valence-corrected chi connectivity index (χ1v) is 9.60. The van der Waals surface area contributed by atoms with Crippen LogP contribution in [0.25, 0.3) is 0 Å². The molecular weight excluding hydrogens is 362 g/mol. The van der Waals surface area contributed by atoms with E-state index in [1.807, 2.05) is 0 Å². The van der Waals surface area contributed by atoms with E-state index >= 15 is 0 Å². The molecule has 150 valence electrons. The van der Waals surface area contributed by atoms with E-state index in [9.17, 15) is 19.5 Å². The molecule has 0 saturated carbocycles. The third-order valence-corrected chi connectivity index (χ3v) is 5.25. The van der Waals surface area contributed by atoms with Gasteiger partial charge in [0.25, 0.3) is 5.91 Å². The standard InChI is InChI=1S/C20H25N3O5/c1-3-15(24)16-17(13-6-5-9-21-12-13)23(19(26)18(16)25)14-7-10-22(11-8-14)20(27)28-4-2/h5-6,9,12,14,17,25H,3-4,7-8,10-11H2,1-2H3. The van der Waals surface area contributed by atoms with Crippen LogP contribution in [0.1, 0.15) is 44.7 Å². The van der Waals surface area contributed by atoms with Crippen LogP contribution in [0.5, 0.6) is 0 Å². The van der Waals surface area contributed by atoms with E-state index in [2.05, 4.69) is 4.98 Å². The normalized spacial score (nSPS) is 20.6. The minimum Gasteiger partial charge on any atom is -0.503 e. The number of aliphatic hydroxyl groups is 1. The molecule has 1 unspecified atom stereocenters. The number of hydrogen-bond donors (Lipinski definition) is 1. The summed E-state index contributed by atoms with van der Waals surface area (Å²) in [6.07, 6.45) is 4.15. The SMILES string of the molecule is CCOC(=O)N1CCC(N2C(=O)C(O)=C(C(=O)CC)C2c2cccnc2)CC1. The van der Waals surface area contributed by atoms with Crippen molar-refractivity contribution in [2.45, 2.75) is 45.2 Å². The maximum Gasteiger partial charge on any atom is 0.409 e. The van der Waals surface area contributed by atoms with Gasteiger partial charge in [-0.3, -0.25) is 14.6 Å². The minimum absolute atomic E-state index is 0.133. The predicted octanol–water partition coefficient (Wildman–Crippen LogP) is 2.38. The van der Waals surface area contributed by atoms with Crippen LogP contribution in [0.3, 0.4) is 0 Å². The Morgan fingerprint density at radius 3 is 2.57 bits per heavy atom. The van der Waals surface area contributed by atoms with Gasteiger partial charge in [0.1, 0.15) is 0 Å². The van der Waals surface area contributed by atoms with Gasteiger partial charge in [0.05, 0.1) is 18.2 Å². The van der Waals surface area contributed by atoms with Crippen LogP contribution in [-0.4, -0.2) is 63.4 Å².